The van der Waals surface area contributed by atoms with Crippen LogP contribution in [0.4, 0.5) is 0 Å². The van der Waals surface area contributed by atoms with Crippen LogP contribution in [0.3, 0.4) is 0 Å². The second-order valence-corrected chi connectivity index (χ2v) is 20.4. The summed E-state index contributed by atoms with van der Waals surface area (Å²) in [5, 5.41) is 9.79. The molecule has 0 bridgehead atoms. The zero-order valence-corrected chi connectivity index (χ0v) is 21.6. The van der Waals surface area contributed by atoms with E-state index in [4.69, 9.17) is 8.85 Å². The molecule has 156 valence electrons. The first-order valence-electron chi connectivity index (χ1n) is 10.0. The summed E-state index contributed by atoms with van der Waals surface area (Å²) < 4.78 is 13.2. The van der Waals surface area contributed by atoms with Gasteiger partial charge in [0.05, 0.1) is 12.7 Å². The molecule has 3 nitrogen and oxygen atoms in total. The summed E-state index contributed by atoms with van der Waals surface area (Å²) in [6, 6.07) is 0. The molecule has 0 aromatic heterocycles. The molecule has 0 aromatic carbocycles. The fourth-order valence-corrected chi connectivity index (χ4v) is 4.74. The van der Waals surface area contributed by atoms with Gasteiger partial charge in [0.1, 0.15) is 0 Å². The first kappa shape index (κ1) is 26.1. The Kier molecular flexibility index (Phi) is 9.52. The van der Waals surface area contributed by atoms with Crippen molar-refractivity contribution in [3.63, 3.8) is 0 Å². The van der Waals surface area contributed by atoms with Gasteiger partial charge in [0.15, 0.2) is 16.6 Å². The van der Waals surface area contributed by atoms with Gasteiger partial charge < -0.3 is 14.0 Å². The predicted octanol–water partition coefficient (Wildman–Crippen LogP) is 6.36. The molecule has 0 rings (SSSR count). The third-order valence-corrected chi connectivity index (χ3v) is 15.3. The van der Waals surface area contributed by atoms with Gasteiger partial charge in [-0.05, 0) is 55.5 Å². The van der Waals surface area contributed by atoms with Crippen LogP contribution >= 0.6 is 0 Å². The minimum absolute atomic E-state index is 0.109. The van der Waals surface area contributed by atoms with Crippen LogP contribution in [0.25, 0.3) is 0 Å². The van der Waals surface area contributed by atoms with Gasteiger partial charge in [-0.1, -0.05) is 60.1 Å². The largest absolute Gasteiger partial charge is 0.417 e. The standard InChI is InChI=1S/C21H46O3Si2/c1-17(16-22)15-18(2)19(24-26(11,12)21(6,7)8)13-14-23-25(9,10)20(3,4)5/h15,18-19,22H,13-14,16H2,1-12H3/t18-,19-/m0/s1. The van der Waals surface area contributed by atoms with E-state index < -0.39 is 16.6 Å². The van der Waals surface area contributed by atoms with E-state index in [1.165, 1.54) is 0 Å². The first-order valence-corrected chi connectivity index (χ1v) is 15.9. The molecule has 0 heterocycles. The summed E-state index contributed by atoms with van der Waals surface area (Å²) in [4.78, 5) is 0. The second kappa shape index (κ2) is 9.50. The van der Waals surface area contributed by atoms with E-state index in [0.717, 1.165) is 18.6 Å². The van der Waals surface area contributed by atoms with E-state index in [0.29, 0.717) is 0 Å². The Bertz CT molecular complexity index is 457. The average Bonchev–Trinajstić information content (AvgIpc) is 2.43. The third kappa shape index (κ3) is 7.97. The Labute approximate surface area is 165 Å². The van der Waals surface area contributed by atoms with E-state index >= 15 is 0 Å². The third-order valence-electron chi connectivity index (χ3n) is 6.31. The lowest BCUT2D eigenvalue weighted by atomic mass is 10.00. The zero-order valence-electron chi connectivity index (χ0n) is 19.6. The molecule has 2 atom stereocenters. The minimum atomic E-state index is -1.86. The highest BCUT2D eigenvalue weighted by atomic mass is 28.4. The number of aliphatic hydroxyl groups is 1. The number of hydrogen-bond acceptors (Lipinski definition) is 3. The van der Waals surface area contributed by atoms with Crippen LogP contribution in [0.5, 0.6) is 0 Å². The van der Waals surface area contributed by atoms with Crippen LogP contribution in [-0.4, -0.2) is 41.1 Å². The molecule has 1 N–H and O–H groups in total. The van der Waals surface area contributed by atoms with Crippen molar-refractivity contribution in [3.8, 4) is 0 Å². The van der Waals surface area contributed by atoms with E-state index in [9.17, 15) is 5.11 Å². The monoisotopic (exact) mass is 402 g/mol. The smallest absolute Gasteiger partial charge is 0.192 e. The Balaban J connectivity index is 5.24. The van der Waals surface area contributed by atoms with Gasteiger partial charge in [0.25, 0.3) is 0 Å². The lowest BCUT2D eigenvalue weighted by Crippen LogP contribution is -2.46. The molecule has 0 aliphatic rings. The van der Waals surface area contributed by atoms with Crippen molar-refractivity contribution in [2.45, 2.75) is 104 Å². The normalized spacial score (nSPS) is 17.3. The van der Waals surface area contributed by atoms with Gasteiger partial charge in [-0.25, -0.2) is 0 Å². The van der Waals surface area contributed by atoms with Crippen molar-refractivity contribution in [3.05, 3.63) is 11.6 Å². The molecular weight excluding hydrogens is 356 g/mol. The molecule has 26 heavy (non-hydrogen) atoms. The van der Waals surface area contributed by atoms with Crippen LogP contribution < -0.4 is 0 Å². The van der Waals surface area contributed by atoms with Crippen molar-refractivity contribution in [1.82, 2.24) is 0 Å². The highest BCUT2D eigenvalue weighted by Crippen LogP contribution is 2.39. The first-order chi connectivity index (χ1) is 11.4. The predicted molar refractivity (Wildman–Crippen MR) is 120 cm³/mol. The van der Waals surface area contributed by atoms with Gasteiger partial charge in [-0.2, -0.15) is 0 Å². The molecule has 0 radical (unpaired) electrons. The van der Waals surface area contributed by atoms with E-state index in [2.05, 4.69) is 80.7 Å². The Morgan fingerprint density at radius 1 is 0.962 bits per heavy atom. The van der Waals surface area contributed by atoms with Gasteiger partial charge in [0.2, 0.25) is 0 Å². The van der Waals surface area contributed by atoms with Gasteiger partial charge in [-0.15, -0.1) is 0 Å². The molecule has 0 fully saturated rings. The van der Waals surface area contributed by atoms with Crippen LogP contribution in [0.15, 0.2) is 11.6 Å². The Morgan fingerprint density at radius 2 is 1.42 bits per heavy atom. The summed E-state index contributed by atoms with van der Waals surface area (Å²) in [7, 11) is -3.60. The molecule has 0 saturated heterocycles. The van der Waals surface area contributed by atoms with Crippen molar-refractivity contribution in [2.75, 3.05) is 13.2 Å². The molecule has 0 aliphatic carbocycles. The molecule has 0 spiro atoms. The molecule has 5 heteroatoms. The SMILES string of the molecule is CC(=C[C@H](C)[C@H](CCO[Si](C)(C)C(C)(C)C)O[Si](C)(C)C(C)(C)C)CO. The number of hydrogen-bond donors (Lipinski definition) is 1. The molecular formula is C21H46O3Si2. The summed E-state index contributed by atoms with van der Waals surface area (Å²) in [5.74, 6) is 0.263. The lowest BCUT2D eigenvalue weighted by Gasteiger charge is -2.41. The topological polar surface area (TPSA) is 38.7 Å². The molecule has 0 unspecified atom stereocenters. The highest BCUT2D eigenvalue weighted by Gasteiger charge is 2.41. The fraction of sp³-hybridized carbons (Fsp3) is 0.905. The number of aliphatic hydroxyl groups excluding tert-OH is 1. The molecule has 0 aromatic rings. The summed E-state index contributed by atoms with van der Waals surface area (Å²) >= 11 is 0. The Morgan fingerprint density at radius 3 is 1.81 bits per heavy atom. The van der Waals surface area contributed by atoms with Gasteiger partial charge in [-0.3, -0.25) is 0 Å². The van der Waals surface area contributed by atoms with Crippen LogP contribution in [0.2, 0.25) is 36.3 Å². The van der Waals surface area contributed by atoms with Crippen LogP contribution in [0, 0.1) is 5.92 Å². The van der Waals surface area contributed by atoms with Crippen molar-refractivity contribution < 1.29 is 14.0 Å². The quantitative estimate of drug-likeness (QED) is 0.360. The maximum atomic E-state index is 9.38. The average molecular weight is 403 g/mol. The van der Waals surface area contributed by atoms with Crippen LogP contribution in [0.1, 0.15) is 61.8 Å². The summed E-state index contributed by atoms with van der Waals surface area (Å²) in [5.41, 5.74) is 1.01. The van der Waals surface area contributed by atoms with E-state index in [1.807, 2.05) is 6.92 Å². The van der Waals surface area contributed by atoms with Gasteiger partial charge in [0, 0.05) is 6.61 Å². The number of rotatable bonds is 9. The lowest BCUT2D eigenvalue weighted by molar-refractivity contribution is 0.112. The van der Waals surface area contributed by atoms with Crippen molar-refractivity contribution >= 4 is 16.6 Å². The molecule has 0 amide bonds. The highest BCUT2D eigenvalue weighted by molar-refractivity contribution is 6.74. The maximum Gasteiger partial charge on any atom is 0.192 e. The Hall–Kier alpha value is 0.0538. The second-order valence-electron chi connectivity index (χ2n) is 10.8. The van der Waals surface area contributed by atoms with Crippen molar-refractivity contribution in [1.29, 1.82) is 0 Å². The minimum Gasteiger partial charge on any atom is -0.417 e. The summed E-state index contributed by atoms with van der Waals surface area (Å²) in [6.45, 7) is 27.9. The van der Waals surface area contributed by atoms with E-state index in [1.54, 1.807) is 0 Å². The molecule has 0 aliphatic heterocycles. The van der Waals surface area contributed by atoms with Gasteiger partial charge >= 0.3 is 0 Å². The van der Waals surface area contributed by atoms with E-state index in [-0.39, 0.29) is 28.7 Å². The van der Waals surface area contributed by atoms with Crippen molar-refractivity contribution in [2.24, 2.45) is 5.92 Å². The van der Waals surface area contributed by atoms with Crippen LogP contribution in [-0.2, 0) is 8.85 Å². The summed E-state index contributed by atoms with van der Waals surface area (Å²) in [6.07, 6.45) is 3.18. The zero-order chi connectivity index (χ0) is 21.0. The fourth-order valence-electron chi connectivity index (χ4n) is 2.24. The molecule has 0 saturated carbocycles. The maximum absolute atomic E-state index is 9.38.